The van der Waals surface area contributed by atoms with Crippen molar-refractivity contribution in [3.05, 3.63) is 35.4 Å². The van der Waals surface area contributed by atoms with Gasteiger partial charge in [0, 0.05) is 31.1 Å². The van der Waals surface area contributed by atoms with Crippen molar-refractivity contribution in [2.24, 2.45) is 0 Å². The minimum absolute atomic E-state index is 0.116. The summed E-state index contributed by atoms with van der Waals surface area (Å²) in [6, 6.07) is 7.77. The van der Waals surface area contributed by atoms with Crippen molar-refractivity contribution in [1.29, 1.82) is 0 Å². The molecule has 1 aromatic rings. The molecule has 0 spiro atoms. The first kappa shape index (κ1) is 16.3. The summed E-state index contributed by atoms with van der Waals surface area (Å²) < 4.78 is 4.64. The lowest BCUT2D eigenvalue weighted by Crippen LogP contribution is -2.02. The average molecular weight is 290 g/mol. The molecule has 0 saturated heterocycles. The van der Waals surface area contributed by atoms with E-state index in [0.717, 1.165) is 11.1 Å². The van der Waals surface area contributed by atoms with Gasteiger partial charge in [0.2, 0.25) is 0 Å². The second kappa shape index (κ2) is 9.22. The predicted octanol–water partition coefficient (Wildman–Crippen LogP) is 2.81. The molecule has 0 amide bonds. The molecule has 0 N–H and O–H groups in total. The molecule has 0 saturated carbocycles. The van der Waals surface area contributed by atoms with Gasteiger partial charge in [-0.15, -0.1) is 0 Å². The van der Waals surface area contributed by atoms with Gasteiger partial charge in [0.15, 0.2) is 5.12 Å². The predicted molar refractivity (Wildman–Crippen MR) is 81.4 cm³/mol. The van der Waals surface area contributed by atoms with Gasteiger partial charge in [0.05, 0.1) is 7.11 Å². The van der Waals surface area contributed by atoms with Gasteiger partial charge in [-0.25, -0.2) is 0 Å². The van der Waals surface area contributed by atoms with Gasteiger partial charge in [0.25, 0.3) is 0 Å². The zero-order valence-corrected chi connectivity index (χ0v) is 12.6. The quantitative estimate of drug-likeness (QED) is 0.475. The highest BCUT2D eigenvalue weighted by Gasteiger charge is 2.04. The molecule has 0 unspecified atom stereocenters. The standard InChI is InChI=1S/C16H18O3S/c1-13(17)20-12-6-5-9-14-7-3-4-8-15(14)10-11-16(18)19-2/h3-4,7-8H,6,10-12H2,1-2H3. The van der Waals surface area contributed by atoms with E-state index >= 15 is 0 Å². The molecule has 106 valence electrons. The Bertz CT molecular complexity index is 526. The number of thioether (sulfide) groups is 1. The van der Waals surface area contributed by atoms with Crippen molar-refractivity contribution in [2.45, 2.75) is 26.2 Å². The Morgan fingerprint density at radius 1 is 1.30 bits per heavy atom. The molecule has 0 aliphatic rings. The topological polar surface area (TPSA) is 43.4 Å². The first-order chi connectivity index (χ1) is 9.63. The summed E-state index contributed by atoms with van der Waals surface area (Å²) in [5.74, 6) is 6.66. The number of methoxy groups -OCH3 is 1. The Hall–Kier alpha value is -1.73. The first-order valence-electron chi connectivity index (χ1n) is 6.40. The van der Waals surface area contributed by atoms with Gasteiger partial charge in [0.1, 0.15) is 0 Å². The molecule has 1 aromatic carbocycles. The number of aryl methyl sites for hydroxylation is 1. The van der Waals surface area contributed by atoms with E-state index in [4.69, 9.17) is 0 Å². The van der Waals surface area contributed by atoms with Gasteiger partial charge in [-0.1, -0.05) is 41.8 Å². The third-order valence-corrected chi connectivity index (χ3v) is 3.41. The largest absolute Gasteiger partial charge is 0.469 e. The van der Waals surface area contributed by atoms with Crippen molar-refractivity contribution in [3.63, 3.8) is 0 Å². The molecule has 4 heteroatoms. The van der Waals surface area contributed by atoms with Gasteiger partial charge in [-0.3, -0.25) is 9.59 Å². The van der Waals surface area contributed by atoms with Crippen LogP contribution in [0.5, 0.6) is 0 Å². The van der Waals surface area contributed by atoms with Crippen LogP contribution in [0, 0.1) is 11.8 Å². The number of carbonyl (C=O) groups is 2. The smallest absolute Gasteiger partial charge is 0.305 e. The average Bonchev–Trinajstić information content (AvgIpc) is 2.45. The number of esters is 1. The molecule has 0 atom stereocenters. The van der Waals surface area contributed by atoms with Crippen molar-refractivity contribution in [1.82, 2.24) is 0 Å². The second-order valence-electron chi connectivity index (χ2n) is 4.13. The summed E-state index contributed by atoms with van der Waals surface area (Å²) in [7, 11) is 1.39. The van der Waals surface area contributed by atoms with Crippen molar-refractivity contribution >= 4 is 22.8 Å². The number of rotatable bonds is 5. The lowest BCUT2D eigenvalue weighted by molar-refractivity contribution is -0.140. The Morgan fingerprint density at radius 3 is 2.75 bits per heavy atom. The van der Waals surface area contributed by atoms with Gasteiger partial charge < -0.3 is 4.74 Å². The first-order valence-corrected chi connectivity index (χ1v) is 7.39. The molecule has 20 heavy (non-hydrogen) atoms. The van der Waals surface area contributed by atoms with Crippen LogP contribution < -0.4 is 0 Å². The molecule has 0 fully saturated rings. The van der Waals surface area contributed by atoms with Crippen molar-refractivity contribution < 1.29 is 14.3 Å². The minimum Gasteiger partial charge on any atom is -0.469 e. The zero-order valence-electron chi connectivity index (χ0n) is 11.8. The van der Waals surface area contributed by atoms with Crippen LogP contribution in [0.4, 0.5) is 0 Å². The fourth-order valence-corrected chi connectivity index (χ4v) is 2.09. The molecule has 0 aliphatic carbocycles. The van der Waals surface area contributed by atoms with Crippen molar-refractivity contribution in [2.75, 3.05) is 12.9 Å². The maximum atomic E-state index is 11.2. The summed E-state index contributed by atoms with van der Waals surface area (Å²) >= 11 is 1.29. The van der Waals surface area contributed by atoms with E-state index in [2.05, 4.69) is 16.6 Å². The van der Waals surface area contributed by atoms with E-state index in [9.17, 15) is 9.59 Å². The Morgan fingerprint density at radius 2 is 2.05 bits per heavy atom. The number of carbonyl (C=O) groups excluding carboxylic acids is 2. The van der Waals surface area contributed by atoms with Crippen LogP contribution in [-0.2, 0) is 20.7 Å². The third kappa shape index (κ3) is 6.44. The summed E-state index contributed by atoms with van der Waals surface area (Å²) in [4.78, 5) is 21.9. The Labute approximate surface area is 124 Å². The van der Waals surface area contributed by atoms with E-state index in [-0.39, 0.29) is 11.1 Å². The van der Waals surface area contributed by atoms with E-state index in [1.807, 2.05) is 24.3 Å². The van der Waals surface area contributed by atoms with Crippen LogP contribution in [0.2, 0.25) is 0 Å². The molecule has 0 heterocycles. The fourth-order valence-electron chi connectivity index (χ4n) is 1.60. The van der Waals surface area contributed by atoms with E-state index in [0.29, 0.717) is 25.0 Å². The number of benzene rings is 1. The van der Waals surface area contributed by atoms with Gasteiger partial charge in [-0.2, -0.15) is 0 Å². The second-order valence-corrected chi connectivity index (χ2v) is 5.40. The van der Waals surface area contributed by atoms with Gasteiger partial charge >= 0.3 is 5.97 Å². The summed E-state index contributed by atoms with van der Waals surface area (Å²) in [5, 5.41) is 0.116. The maximum absolute atomic E-state index is 11.2. The van der Waals surface area contributed by atoms with Gasteiger partial charge in [-0.05, 0) is 18.1 Å². The number of hydrogen-bond donors (Lipinski definition) is 0. The monoisotopic (exact) mass is 290 g/mol. The molecule has 0 aromatic heterocycles. The molecular weight excluding hydrogens is 272 g/mol. The highest BCUT2D eigenvalue weighted by atomic mass is 32.2. The Balaban J connectivity index is 2.59. The molecular formula is C16H18O3S. The van der Waals surface area contributed by atoms with E-state index in [1.165, 1.54) is 18.9 Å². The zero-order chi connectivity index (χ0) is 14.8. The van der Waals surface area contributed by atoms with Crippen molar-refractivity contribution in [3.8, 4) is 11.8 Å². The minimum atomic E-state index is -0.217. The van der Waals surface area contributed by atoms with Crippen LogP contribution >= 0.6 is 11.8 Å². The molecule has 0 aliphatic heterocycles. The maximum Gasteiger partial charge on any atom is 0.305 e. The highest BCUT2D eigenvalue weighted by molar-refractivity contribution is 8.13. The van der Waals surface area contributed by atoms with Crippen LogP contribution in [0.3, 0.4) is 0 Å². The van der Waals surface area contributed by atoms with Crippen LogP contribution in [0.1, 0.15) is 30.9 Å². The Kier molecular flexibility index (Phi) is 7.52. The molecule has 0 radical (unpaired) electrons. The lowest BCUT2D eigenvalue weighted by Gasteiger charge is -2.03. The number of hydrogen-bond acceptors (Lipinski definition) is 4. The van der Waals surface area contributed by atoms with E-state index in [1.54, 1.807) is 6.92 Å². The molecule has 3 nitrogen and oxygen atoms in total. The van der Waals surface area contributed by atoms with E-state index < -0.39 is 0 Å². The molecule has 0 bridgehead atoms. The van der Waals surface area contributed by atoms with Crippen LogP contribution in [-0.4, -0.2) is 23.9 Å². The number of ether oxygens (including phenoxy) is 1. The normalized spacial score (nSPS) is 9.50. The van der Waals surface area contributed by atoms with Crippen LogP contribution in [0.25, 0.3) is 0 Å². The third-order valence-electron chi connectivity index (χ3n) is 2.60. The summed E-state index contributed by atoms with van der Waals surface area (Å²) in [6.45, 7) is 1.56. The van der Waals surface area contributed by atoms with Crippen LogP contribution in [0.15, 0.2) is 24.3 Å². The SMILES string of the molecule is COC(=O)CCc1ccccc1C#CCCSC(C)=O. The molecule has 1 rings (SSSR count). The summed E-state index contributed by atoms with van der Waals surface area (Å²) in [6.07, 6.45) is 1.66. The lowest BCUT2D eigenvalue weighted by atomic mass is 10.0. The fraction of sp³-hybridized carbons (Fsp3) is 0.375. The summed E-state index contributed by atoms with van der Waals surface area (Å²) in [5.41, 5.74) is 1.98. The highest BCUT2D eigenvalue weighted by Crippen LogP contribution is 2.10.